The van der Waals surface area contributed by atoms with Crippen LogP contribution in [0.5, 0.6) is 0 Å². The fraction of sp³-hybridized carbons (Fsp3) is 0.762. The number of thiazole rings is 1. The number of nitrogens with one attached hydrogen (secondary N) is 2. The molecule has 0 atom stereocenters. The van der Waals surface area contributed by atoms with Crippen molar-refractivity contribution < 1.29 is 4.79 Å². The Morgan fingerprint density at radius 1 is 1.21 bits per heavy atom. The van der Waals surface area contributed by atoms with Crippen LogP contribution in [-0.4, -0.2) is 65.5 Å². The maximum absolute atomic E-state index is 12.7. The average molecular weight is 438 g/mol. The number of guanidine groups is 1. The van der Waals surface area contributed by atoms with Crippen LogP contribution < -0.4 is 10.6 Å². The fourth-order valence-electron chi connectivity index (χ4n) is 4.11. The van der Waals surface area contributed by atoms with E-state index in [-0.39, 0.29) is 5.92 Å². The molecule has 1 aromatic rings. The van der Waals surface area contributed by atoms with Crippen LogP contribution >= 0.6 is 23.1 Å². The zero-order chi connectivity index (χ0) is 20.6. The first-order valence-electron chi connectivity index (χ1n) is 10.9. The summed E-state index contributed by atoms with van der Waals surface area (Å²) in [6.45, 7) is 9.70. The fourth-order valence-corrected chi connectivity index (χ4v) is 5.94. The van der Waals surface area contributed by atoms with Gasteiger partial charge in [0.15, 0.2) is 5.96 Å². The Morgan fingerprint density at radius 2 is 1.93 bits per heavy atom. The van der Waals surface area contributed by atoms with Gasteiger partial charge in [-0.15, -0.1) is 11.3 Å². The molecule has 1 aliphatic carbocycles. The first-order valence-corrected chi connectivity index (χ1v) is 12.9. The maximum Gasteiger partial charge on any atom is 0.225 e. The minimum Gasteiger partial charge on any atom is -0.357 e. The number of thioether (sulfide) groups is 1. The van der Waals surface area contributed by atoms with Crippen LogP contribution in [0.1, 0.15) is 48.2 Å². The van der Waals surface area contributed by atoms with Gasteiger partial charge in [-0.05, 0) is 46.5 Å². The van der Waals surface area contributed by atoms with E-state index in [1.165, 1.54) is 4.88 Å². The van der Waals surface area contributed by atoms with Crippen LogP contribution in [0.25, 0.3) is 0 Å². The first-order chi connectivity index (χ1) is 14.1. The van der Waals surface area contributed by atoms with Gasteiger partial charge in [0.1, 0.15) is 0 Å². The zero-order valence-corrected chi connectivity index (χ0v) is 19.6. The lowest BCUT2D eigenvalue weighted by Gasteiger charge is -2.34. The van der Waals surface area contributed by atoms with Crippen molar-refractivity contribution >= 4 is 35.0 Å². The standard InChI is InChI=1S/C21H35N5OS2/c1-4-22-21(23-10-9-19-15(2)24-16(3)29-19)25-18-7-5-17(6-8-18)20(27)26-11-13-28-14-12-26/h17-18H,4-14H2,1-3H3,(H2,22,23,25). The molecule has 2 aliphatic rings. The van der Waals surface area contributed by atoms with Gasteiger partial charge in [-0.2, -0.15) is 11.8 Å². The first kappa shape index (κ1) is 22.4. The van der Waals surface area contributed by atoms with Crippen molar-refractivity contribution in [2.45, 2.75) is 58.9 Å². The molecule has 3 rings (SSSR count). The van der Waals surface area contributed by atoms with E-state index in [0.717, 1.165) is 86.4 Å². The SMILES string of the molecule is CCNC(=NCCc1sc(C)nc1C)NC1CCC(C(=O)N2CCSCC2)CC1. The van der Waals surface area contributed by atoms with E-state index in [9.17, 15) is 4.79 Å². The largest absolute Gasteiger partial charge is 0.357 e. The zero-order valence-electron chi connectivity index (χ0n) is 18.0. The normalized spacial score (nSPS) is 23.1. The molecule has 162 valence electrons. The number of nitrogens with zero attached hydrogens (tertiary/aromatic N) is 3. The maximum atomic E-state index is 12.7. The van der Waals surface area contributed by atoms with E-state index in [1.54, 1.807) is 11.3 Å². The second-order valence-electron chi connectivity index (χ2n) is 7.88. The Hall–Kier alpha value is -1.28. The molecule has 1 amide bonds. The summed E-state index contributed by atoms with van der Waals surface area (Å²) in [5.74, 6) is 3.68. The number of amides is 1. The van der Waals surface area contributed by atoms with E-state index < -0.39 is 0 Å². The van der Waals surface area contributed by atoms with Crippen molar-refractivity contribution in [2.75, 3.05) is 37.7 Å². The number of hydrogen-bond donors (Lipinski definition) is 2. The molecule has 0 bridgehead atoms. The molecule has 29 heavy (non-hydrogen) atoms. The molecule has 1 saturated carbocycles. The smallest absolute Gasteiger partial charge is 0.225 e. The Balaban J connectivity index is 1.45. The third-order valence-electron chi connectivity index (χ3n) is 5.69. The second kappa shape index (κ2) is 11.2. The minimum absolute atomic E-state index is 0.216. The molecule has 0 radical (unpaired) electrons. The third kappa shape index (κ3) is 6.60. The highest BCUT2D eigenvalue weighted by atomic mass is 32.2. The molecule has 6 nitrogen and oxygen atoms in total. The van der Waals surface area contributed by atoms with Gasteiger partial charge in [0, 0.05) is 60.9 Å². The van der Waals surface area contributed by atoms with Crippen molar-refractivity contribution in [1.29, 1.82) is 0 Å². The molecule has 1 aliphatic heterocycles. The van der Waals surface area contributed by atoms with Gasteiger partial charge in [0.25, 0.3) is 0 Å². The van der Waals surface area contributed by atoms with Crippen molar-refractivity contribution in [2.24, 2.45) is 10.9 Å². The summed E-state index contributed by atoms with van der Waals surface area (Å²) in [4.78, 5) is 25.4. The lowest BCUT2D eigenvalue weighted by molar-refractivity contribution is -0.136. The molecule has 1 saturated heterocycles. The van der Waals surface area contributed by atoms with Gasteiger partial charge < -0.3 is 15.5 Å². The molecule has 1 aromatic heterocycles. The summed E-state index contributed by atoms with van der Waals surface area (Å²) in [6.07, 6.45) is 4.98. The van der Waals surface area contributed by atoms with Crippen LogP contribution in [0, 0.1) is 19.8 Å². The molecule has 2 fully saturated rings. The topological polar surface area (TPSA) is 69.6 Å². The highest BCUT2D eigenvalue weighted by Crippen LogP contribution is 2.27. The van der Waals surface area contributed by atoms with Crippen molar-refractivity contribution in [3.63, 3.8) is 0 Å². The van der Waals surface area contributed by atoms with Crippen LogP contribution in [0.4, 0.5) is 0 Å². The number of rotatable bonds is 6. The molecule has 2 N–H and O–H groups in total. The summed E-state index contributed by atoms with van der Waals surface area (Å²) >= 11 is 3.73. The third-order valence-corrected chi connectivity index (χ3v) is 7.77. The Morgan fingerprint density at radius 3 is 2.55 bits per heavy atom. The quantitative estimate of drug-likeness (QED) is 0.529. The molecule has 8 heteroatoms. The molecule has 2 heterocycles. The van der Waals surface area contributed by atoms with Gasteiger partial charge >= 0.3 is 0 Å². The number of aromatic nitrogens is 1. The van der Waals surface area contributed by atoms with E-state index in [4.69, 9.17) is 4.99 Å². The molecular weight excluding hydrogens is 402 g/mol. The number of carbonyl (C=O) groups excluding carboxylic acids is 1. The van der Waals surface area contributed by atoms with Crippen LogP contribution in [0.3, 0.4) is 0 Å². The van der Waals surface area contributed by atoms with Gasteiger partial charge in [-0.25, -0.2) is 4.98 Å². The van der Waals surface area contributed by atoms with E-state index in [0.29, 0.717) is 11.9 Å². The Bertz CT molecular complexity index is 691. The lowest BCUT2D eigenvalue weighted by atomic mass is 9.85. The monoisotopic (exact) mass is 437 g/mol. The van der Waals surface area contributed by atoms with Gasteiger partial charge in [0.05, 0.1) is 10.7 Å². The summed E-state index contributed by atoms with van der Waals surface area (Å²) in [7, 11) is 0. The van der Waals surface area contributed by atoms with Crippen LogP contribution in [0.15, 0.2) is 4.99 Å². The number of carbonyl (C=O) groups is 1. The van der Waals surface area contributed by atoms with E-state index >= 15 is 0 Å². The molecular formula is C21H35N5OS2. The van der Waals surface area contributed by atoms with Crippen LogP contribution in [0.2, 0.25) is 0 Å². The molecule has 0 spiro atoms. The summed E-state index contributed by atoms with van der Waals surface area (Å²) in [5.41, 5.74) is 1.14. The van der Waals surface area contributed by atoms with E-state index in [2.05, 4.69) is 41.3 Å². The van der Waals surface area contributed by atoms with Crippen molar-refractivity contribution in [3.05, 3.63) is 15.6 Å². The average Bonchev–Trinajstić information content (AvgIpc) is 3.06. The van der Waals surface area contributed by atoms with Gasteiger partial charge in [-0.3, -0.25) is 9.79 Å². The Labute approximate surface area is 183 Å². The predicted octanol–water partition coefficient (Wildman–Crippen LogP) is 2.99. The predicted molar refractivity (Wildman–Crippen MR) is 124 cm³/mol. The van der Waals surface area contributed by atoms with Gasteiger partial charge in [0.2, 0.25) is 5.91 Å². The summed E-state index contributed by atoms with van der Waals surface area (Å²) in [5, 5.41) is 8.10. The highest BCUT2D eigenvalue weighted by Gasteiger charge is 2.30. The van der Waals surface area contributed by atoms with Crippen LogP contribution in [-0.2, 0) is 11.2 Å². The molecule has 0 aromatic carbocycles. The summed E-state index contributed by atoms with van der Waals surface area (Å²) < 4.78 is 0. The molecule has 0 unspecified atom stereocenters. The van der Waals surface area contributed by atoms with Crippen molar-refractivity contribution in [1.82, 2.24) is 20.5 Å². The second-order valence-corrected chi connectivity index (χ2v) is 10.4. The number of aryl methyl sites for hydroxylation is 2. The number of aliphatic imine (C=N–C) groups is 1. The van der Waals surface area contributed by atoms with E-state index in [1.807, 2.05) is 11.8 Å². The summed E-state index contributed by atoms with van der Waals surface area (Å²) in [6, 6.07) is 0.404. The van der Waals surface area contributed by atoms with Gasteiger partial charge in [-0.1, -0.05) is 0 Å². The lowest BCUT2D eigenvalue weighted by Crippen LogP contribution is -2.47. The number of hydrogen-bond acceptors (Lipinski definition) is 5. The van der Waals surface area contributed by atoms with Crippen molar-refractivity contribution in [3.8, 4) is 0 Å². The minimum atomic E-state index is 0.216. The Kier molecular flexibility index (Phi) is 8.66. The highest BCUT2D eigenvalue weighted by molar-refractivity contribution is 7.99.